The van der Waals surface area contributed by atoms with Gasteiger partial charge in [-0.1, -0.05) is 36.4 Å². The summed E-state index contributed by atoms with van der Waals surface area (Å²) in [5.41, 5.74) is 3.29. The SMILES string of the molecule is CCOc1cccc(CN2CCCCC23Cc2ccccc2CNC3=O)c1. The van der Waals surface area contributed by atoms with Gasteiger partial charge in [0.1, 0.15) is 11.3 Å². The van der Waals surface area contributed by atoms with Crippen LogP contribution in [0, 0.1) is 0 Å². The maximum absolute atomic E-state index is 13.3. The van der Waals surface area contributed by atoms with Gasteiger partial charge in [0.25, 0.3) is 0 Å². The number of piperidine rings is 1. The molecule has 4 rings (SSSR count). The third-order valence-electron chi connectivity index (χ3n) is 5.92. The lowest BCUT2D eigenvalue weighted by molar-refractivity contribution is -0.136. The van der Waals surface area contributed by atoms with Gasteiger partial charge in [-0.2, -0.15) is 0 Å². The largest absolute Gasteiger partial charge is 0.494 e. The molecule has 1 atom stereocenters. The van der Waals surface area contributed by atoms with Crippen LogP contribution >= 0.6 is 0 Å². The van der Waals surface area contributed by atoms with E-state index in [2.05, 4.69) is 46.6 Å². The Morgan fingerprint density at radius 1 is 1.11 bits per heavy atom. The van der Waals surface area contributed by atoms with Crippen molar-refractivity contribution in [3.63, 3.8) is 0 Å². The Morgan fingerprint density at radius 3 is 2.81 bits per heavy atom. The van der Waals surface area contributed by atoms with Crippen molar-refractivity contribution >= 4 is 5.91 Å². The van der Waals surface area contributed by atoms with Crippen LogP contribution in [0.25, 0.3) is 0 Å². The summed E-state index contributed by atoms with van der Waals surface area (Å²) in [5, 5.41) is 3.20. The van der Waals surface area contributed by atoms with Crippen LogP contribution in [0.15, 0.2) is 48.5 Å². The Hall–Kier alpha value is -2.33. The van der Waals surface area contributed by atoms with Gasteiger partial charge in [-0.15, -0.1) is 0 Å². The van der Waals surface area contributed by atoms with Gasteiger partial charge in [-0.05, 0) is 61.6 Å². The average Bonchev–Trinajstić information content (AvgIpc) is 2.82. The fourth-order valence-electron chi connectivity index (χ4n) is 4.54. The highest BCUT2D eigenvalue weighted by molar-refractivity contribution is 5.87. The molecule has 0 aliphatic carbocycles. The van der Waals surface area contributed by atoms with Crippen LogP contribution in [0.5, 0.6) is 5.75 Å². The predicted molar refractivity (Wildman–Crippen MR) is 107 cm³/mol. The minimum atomic E-state index is -0.452. The topological polar surface area (TPSA) is 41.6 Å². The first kappa shape index (κ1) is 18.1. The second kappa shape index (κ2) is 7.73. The third kappa shape index (κ3) is 3.59. The van der Waals surface area contributed by atoms with Gasteiger partial charge < -0.3 is 10.1 Å². The molecule has 0 aromatic heterocycles. The number of carbonyl (C=O) groups excluding carboxylic acids is 1. The second-order valence-corrected chi connectivity index (χ2v) is 7.62. The minimum Gasteiger partial charge on any atom is -0.494 e. The van der Waals surface area contributed by atoms with Gasteiger partial charge in [0.2, 0.25) is 5.91 Å². The molecule has 0 saturated carbocycles. The van der Waals surface area contributed by atoms with Crippen molar-refractivity contribution in [2.24, 2.45) is 0 Å². The van der Waals surface area contributed by atoms with Crippen molar-refractivity contribution in [3.8, 4) is 5.75 Å². The number of nitrogens with one attached hydrogen (secondary N) is 1. The molecule has 4 nitrogen and oxygen atoms in total. The Morgan fingerprint density at radius 2 is 1.96 bits per heavy atom. The van der Waals surface area contributed by atoms with Crippen LogP contribution in [0.2, 0.25) is 0 Å². The molecule has 1 fully saturated rings. The second-order valence-electron chi connectivity index (χ2n) is 7.62. The van der Waals surface area contributed by atoms with E-state index < -0.39 is 5.54 Å². The summed E-state index contributed by atoms with van der Waals surface area (Å²) in [4.78, 5) is 15.7. The molecule has 142 valence electrons. The summed E-state index contributed by atoms with van der Waals surface area (Å²) in [6.45, 7) is 5.02. The first-order chi connectivity index (χ1) is 13.2. The first-order valence-corrected chi connectivity index (χ1v) is 10.0. The van der Waals surface area contributed by atoms with Crippen LogP contribution in [0.3, 0.4) is 0 Å². The molecule has 1 unspecified atom stereocenters. The molecule has 27 heavy (non-hydrogen) atoms. The van der Waals surface area contributed by atoms with E-state index in [1.807, 2.05) is 19.1 Å². The van der Waals surface area contributed by atoms with E-state index in [0.717, 1.165) is 44.5 Å². The molecule has 2 aromatic carbocycles. The number of benzene rings is 2. The fourth-order valence-corrected chi connectivity index (χ4v) is 4.54. The molecule has 1 saturated heterocycles. The number of carbonyl (C=O) groups is 1. The number of hydrogen-bond acceptors (Lipinski definition) is 3. The van der Waals surface area contributed by atoms with Gasteiger partial charge in [0, 0.05) is 19.5 Å². The van der Waals surface area contributed by atoms with Crippen LogP contribution < -0.4 is 10.1 Å². The number of fused-ring (bicyclic) bond motifs is 1. The number of nitrogens with zero attached hydrogens (tertiary/aromatic N) is 1. The number of amides is 1. The molecule has 0 bridgehead atoms. The van der Waals surface area contributed by atoms with Crippen molar-refractivity contribution in [2.45, 2.75) is 51.2 Å². The van der Waals surface area contributed by atoms with Crippen molar-refractivity contribution in [2.75, 3.05) is 13.2 Å². The Bertz CT molecular complexity index is 820. The molecule has 2 aliphatic rings. The highest BCUT2D eigenvalue weighted by atomic mass is 16.5. The number of likely N-dealkylation sites (tertiary alicyclic amines) is 1. The standard InChI is InChI=1S/C23H28N2O2/c1-2-27-21-11-7-8-18(14-21)17-25-13-6-5-12-23(25)15-19-9-3-4-10-20(19)16-24-22(23)26/h3-4,7-11,14H,2,5-6,12-13,15-17H2,1H3,(H,24,26). The van der Waals surface area contributed by atoms with E-state index in [-0.39, 0.29) is 5.91 Å². The van der Waals surface area contributed by atoms with Crippen molar-refractivity contribution in [1.29, 1.82) is 0 Å². The molecule has 1 amide bonds. The molecule has 1 spiro atoms. The molecule has 2 aromatic rings. The van der Waals surface area contributed by atoms with E-state index in [1.165, 1.54) is 16.7 Å². The van der Waals surface area contributed by atoms with Gasteiger partial charge in [-0.25, -0.2) is 0 Å². The molecule has 2 heterocycles. The predicted octanol–water partition coefficient (Wildman–Crippen LogP) is 3.68. The lowest BCUT2D eigenvalue weighted by atomic mass is 9.80. The molecule has 2 aliphatic heterocycles. The van der Waals surface area contributed by atoms with Crippen molar-refractivity contribution < 1.29 is 9.53 Å². The normalized spacial score (nSPS) is 22.8. The highest BCUT2D eigenvalue weighted by Crippen LogP contribution is 2.36. The smallest absolute Gasteiger partial charge is 0.241 e. The van der Waals surface area contributed by atoms with Crippen LogP contribution in [-0.2, 0) is 24.3 Å². The maximum atomic E-state index is 13.3. The van der Waals surface area contributed by atoms with E-state index in [1.54, 1.807) is 0 Å². The molecule has 0 radical (unpaired) electrons. The average molecular weight is 364 g/mol. The van der Waals surface area contributed by atoms with Crippen LogP contribution in [0.4, 0.5) is 0 Å². The Kier molecular flexibility index (Phi) is 5.17. The van der Waals surface area contributed by atoms with E-state index >= 15 is 0 Å². The zero-order valence-corrected chi connectivity index (χ0v) is 16.0. The molecule has 4 heteroatoms. The Labute approximate surface area is 161 Å². The molecule has 1 N–H and O–H groups in total. The highest BCUT2D eigenvalue weighted by Gasteiger charge is 2.46. The number of rotatable bonds is 4. The van der Waals surface area contributed by atoms with Crippen LogP contribution in [0.1, 0.15) is 42.9 Å². The van der Waals surface area contributed by atoms with Gasteiger partial charge in [0.15, 0.2) is 0 Å². The monoisotopic (exact) mass is 364 g/mol. The summed E-state index contributed by atoms with van der Waals surface area (Å²) in [6.07, 6.45) is 3.95. The van der Waals surface area contributed by atoms with Crippen molar-refractivity contribution in [1.82, 2.24) is 10.2 Å². The quantitative estimate of drug-likeness (QED) is 0.900. The van der Waals surface area contributed by atoms with Crippen molar-refractivity contribution in [3.05, 3.63) is 65.2 Å². The third-order valence-corrected chi connectivity index (χ3v) is 5.92. The zero-order valence-electron chi connectivity index (χ0n) is 16.0. The summed E-state index contributed by atoms with van der Waals surface area (Å²) < 4.78 is 5.66. The van der Waals surface area contributed by atoms with E-state index in [9.17, 15) is 4.79 Å². The zero-order chi connectivity index (χ0) is 18.7. The van der Waals surface area contributed by atoms with Crippen LogP contribution in [-0.4, -0.2) is 29.5 Å². The number of hydrogen-bond donors (Lipinski definition) is 1. The molecular formula is C23H28N2O2. The lowest BCUT2D eigenvalue weighted by Gasteiger charge is -2.45. The fraction of sp³-hybridized carbons (Fsp3) is 0.435. The first-order valence-electron chi connectivity index (χ1n) is 10.0. The van der Waals surface area contributed by atoms with E-state index in [4.69, 9.17) is 4.74 Å². The summed E-state index contributed by atoms with van der Waals surface area (Å²) in [5.74, 6) is 1.08. The maximum Gasteiger partial charge on any atom is 0.241 e. The van der Waals surface area contributed by atoms with Gasteiger partial charge >= 0.3 is 0 Å². The summed E-state index contributed by atoms with van der Waals surface area (Å²) >= 11 is 0. The van der Waals surface area contributed by atoms with Gasteiger partial charge in [0.05, 0.1) is 6.61 Å². The summed E-state index contributed by atoms with van der Waals surface area (Å²) in [7, 11) is 0. The Balaban J connectivity index is 1.65. The molecular weight excluding hydrogens is 336 g/mol. The number of ether oxygens (including phenoxy) is 1. The minimum absolute atomic E-state index is 0.180. The van der Waals surface area contributed by atoms with E-state index in [0.29, 0.717) is 13.2 Å². The van der Waals surface area contributed by atoms with Gasteiger partial charge in [-0.3, -0.25) is 9.69 Å². The summed E-state index contributed by atoms with van der Waals surface area (Å²) in [6, 6.07) is 16.7. The lowest BCUT2D eigenvalue weighted by Crippen LogP contribution is -2.60.